The van der Waals surface area contributed by atoms with Crippen molar-refractivity contribution >= 4 is 18.9 Å². The molecular weight excluding hydrogens is 262 g/mol. The van der Waals surface area contributed by atoms with Gasteiger partial charge in [-0.15, -0.1) is 0 Å². The van der Waals surface area contributed by atoms with Crippen molar-refractivity contribution in [1.29, 1.82) is 0 Å². The zero-order valence-electron chi connectivity index (χ0n) is 3.24. The Morgan fingerprint density at radius 2 is 0.333 bits per heavy atom. The Morgan fingerprint density at radius 3 is 0.333 bits per heavy atom. The fourth-order valence-corrected chi connectivity index (χ4v) is 0. The molecule has 0 fully saturated rings. The molecular formula is LiV5. The van der Waals surface area contributed by atoms with Crippen molar-refractivity contribution in [3.05, 3.63) is 0 Å². The quantitative estimate of drug-likeness (QED) is 0.521. The Morgan fingerprint density at radius 1 is 0.333 bits per heavy atom. The van der Waals surface area contributed by atoms with Crippen LogP contribution in [0.1, 0.15) is 0 Å². The number of hydrogen-bond acceptors (Lipinski definition) is 0. The van der Waals surface area contributed by atoms with E-state index in [0.29, 0.717) is 0 Å². The summed E-state index contributed by atoms with van der Waals surface area (Å²) in [4.78, 5) is 0. The minimum atomic E-state index is 0. The number of rotatable bonds is 0. The van der Waals surface area contributed by atoms with Gasteiger partial charge in [-0.3, -0.25) is 0 Å². The van der Waals surface area contributed by atoms with E-state index in [1.54, 1.807) is 0 Å². The fourth-order valence-electron chi connectivity index (χ4n) is 0. The second kappa shape index (κ2) is 38.9. The van der Waals surface area contributed by atoms with E-state index in [4.69, 9.17) is 0 Å². The van der Waals surface area contributed by atoms with Crippen LogP contribution >= 0.6 is 0 Å². The first-order chi connectivity index (χ1) is 0. The molecule has 0 unspecified atom stereocenters. The Bertz CT molecular complexity index is 3.90. The normalized spacial score (nSPS) is 0. The minimum Gasteiger partial charge on any atom is 0 e. The monoisotopic (exact) mass is 262 g/mol. The molecule has 6 radical (unpaired) electrons. The van der Waals surface area contributed by atoms with Crippen LogP contribution in [-0.4, -0.2) is 18.9 Å². The molecule has 0 aliphatic heterocycles. The van der Waals surface area contributed by atoms with E-state index < -0.39 is 0 Å². The molecule has 0 aromatic heterocycles. The van der Waals surface area contributed by atoms with Gasteiger partial charge in [0.2, 0.25) is 0 Å². The van der Waals surface area contributed by atoms with Crippen LogP contribution in [0.4, 0.5) is 0 Å². The van der Waals surface area contributed by atoms with Crippen LogP contribution < -0.4 is 0 Å². The van der Waals surface area contributed by atoms with Crippen molar-refractivity contribution in [1.82, 2.24) is 0 Å². The molecule has 0 saturated heterocycles. The van der Waals surface area contributed by atoms with Crippen molar-refractivity contribution in [2.75, 3.05) is 0 Å². The van der Waals surface area contributed by atoms with E-state index in [1.165, 1.54) is 0 Å². The average molecular weight is 262 g/mol. The van der Waals surface area contributed by atoms with Gasteiger partial charge in [-0.25, -0.2) is 0 Å². The van der Waals surface area contributed by atoms with Gasteiger partial charge in [0.05, 0.1) is 0 Å². The Labute approximate surface area is 110 Å². The molecule has 6 heteroatoms. The van der Waals surface area contributed by atoms with Gasteiger partial charge in [-0.2, -0.15) is 0 Å². The van der Waals surface area contributed by atoms with Crippen LogP contribution in [0.25, 0.3) is 0 Å². The fraction of sp³-hybridized carbons (Fsp3) is 0. The summed E-state index contributed by atoms with van der Waals surface area (Å²) in [6.45, 7) is 0. The zero-order chi connectivity index (χ0) is 0. The second-order valence-corrected chi connectivity index (χ2v) is 0. The van der Waals surface area contributed by atoms with Crippen LogP contribution in [0.5, 0.6) is 0 Å². The summed E-state index contributed by atoms with van der Waals surface area (Å²) in [5.41, 5.74) is 0. The summed E-state index contributed by atoms with van der Waals surface area (Å²) in [5, 5.41) is 0. The molecule has 0 N–H and O–H groups in total. The van der Waals surface area contributed by atoms with Gasteiger partial charge in [0, 0.05) is 112 Å². The van der Waals surface area contributed by atoms with Crippen LogP contribution in [0.3, 0.4) is 0 Å². The second-order valence-electron chi connectivity index (χ2n) is 0. The summed E-state index contributed by atoms with van der Waals surface area (Å²) in [5.74, 6) is 0. The Kier molecular flexibility index (Phi) is 362. The summed E-state index contributed by atoms with van der Waals surface area (Å²) in [6, 6.07) is 0. The van der Waals surface area contributed by atoms with E-state index in [0.717, 1.165) is 0 Å². The molecule has 0 heterocycles. The maximum absolute atomic E-state index is 0. The van der Waals surface area contributed by atoms with Gasteiger partial charge >= 0.3 is 0 Å². The smallest absolute Gasteiger partial charge is 0 e. The van der Waals surface area contributed by atoms with Crippen molar-refractivity contribution in [3.63, 3.8) is 0 Å². The Balaban J connectivity index is 0. The standard InChI is InChI=1S/Li.5V. The first kappa shape index (κ1) is 55.8. The van der Waals surface area contributed by atoms with Gasteiger partial charge in [-0.1, -0.05) is 0 Å². The maximum Gasteiger partial charge on any atom is 0 e. The molecule has 26 valence electrons. The average Bonchev–Trinajstić information content (AvgIpc) is 0. The summed E-state index contributed by atoms with van der Waals surface area (Å²) < 4.78 is 0. The van der Waals surface area contributed by atoms with Crippen molar-refractivity contribution in [3.8, 4) is 0 Å². The first-order valence-electron chi connectivity index (χ1n) is 0. The summed E-state index contributed by atoms with van der Waals surface area (Å²) in [6.07, 6.45) is 0. The molecule has 0 aliphatic carbocycles. The topological polar surface area (TPSA) is 0 Å². The van der Waals surface area contributed by atoms with Gasteiger partial charge in [-0.05, 0) is 0 Å². The summed E-state index contributed by atoms with van der Waals surface area (Å²) >= 11 is 0. The molecule has 0 aliphatic rings. The molecule has 0 bridgehead atoms. The van der Waals surface area contributed by atoms with Crippen molar-refractivity contribution < 1.29 is 92.8 Å². The molecule has 0 aromatic rings. The zero-order valence-corrected chi connectivity index (χ0v) is 10.2. The van der Waals surface area contributed by atoms with E-state index in [9.17, 15) is 0 Å². The first-order valence-corrected chi connectivity index (χ1v) is 0. The molecule has 0 amide bonds. The largest absolute Gasteiger partial charge is 0 e. The van der Waals surface area contributed by atoms with Crippen molar-refractivity contribution in [2.24, 2.45) is 0 Å². The summed E-state index contributed by atoms with van der Waals surface area (Å²) in [7, 11) is 0. The predicted molar refractivity (Wildman–Crippen MR) is 5.75 cm³/mol. The minimum absolute atomic E-state index is 0. The predicted octanol–water partition coefficient (Wildman–Crippen LogP) is -0.393. The van der Waals surface area contributed by atoms with E-state index in [1.807, 2.05) is 0 Å². The Hall–Kier alpha value is 3.52. The third-order valence-corrected chi connectivity index (χ3v) is 0. The van der Waals surface area contributed by atoms with Crippen LogP contribution in [0.2, 0.25) is 0 Å². The van der Waals surface area contributed by atoms with Crippen molar-refractivity contribution in [2.45, 2.75) is 0 Å². The van der Waals surface area contributed by atoms with Crippen LogP contribution in [0, 0.1) is 0 Å². The van der Waals surface area contributed by atoms with Crippen LogP contribution in [0.15, 0.2) is 0 Å². The van der Waals surface area contributed by atoms with Gasteiger partial charge < -0.3 is 0 Å². The van der Waals surface area contributed by atoms with Gasteiger partial charge in [0.15, 0.2) is 0 Å². The molecule has 0 saturated carbocycles. The van der Waals surface area contributed by atoms with E-state index in [-0.39, 0.29) is 112 Å². The molecule has 0 atom stereocenters. The number of hydrogen-bond donors (Lipinski definition) is 0. The van der Waals surface area contributed by atoms with Gasteiger partial charge in [0.1, 0.15) is 0 Å². The van der Waals surface area contributed by atoms with Gasteiger partial charge in [0.25, 0.3) is 0 Å². The van der Waals surface area contributed by atoms with Crippen LogP contribution in [-0.2, 0) is 92.8 Å². The van der Waals surface area contributed by atoms with E-state index in [2.05, 4.69) is 0 Å². The SMILES string of the molecule is [Li].[V].[V].[V].[V].[V]. The third kappa shape index (κ3) is 25.8. The molecule has 0 nitrogen and oxygen atoms in total. The maximum atomic E-state index is 0. The molecule has 0 aromatic carbocycles. The molecule has 0 spiro atoms. The third-order valence-electron chi connectivity index (χ3n) is 0. The molecule has 0 rings (SSSR count). The van der Waals surface area contributed by atoms with E-state index >= 15 is 0 Å². The molecule has 6 heavy (non-hydrogen) atoms.